The van der Waals surface area contributed by atoms with Crippen molar-refractivity contribution in [3.05, 3.63) is 77.4 Å². The van der Waals surface area contributed by atoms with E-state index in [1.165, 1.54) is 16.5 Å². The fourth-order valence-electron chi connectivity index (χ4n) is 4.68. The quantitative estimate of drug-likeness (QED) is 0.725. The molecule has 0 atom stereocenters. The first-order valence-corrected chi connectivity index (χ1v) is 9.84. The third kappa shape index (κ3) is 2.76. The molecule has 2 aliphatic rings. The van der Waals surface area contributed by atoms with Crippen LogP contribution in [0.5, 0.6) is 5.75 Å². The van der Waals surface area contributed by atoms with Crippen LogP contribution in [0, 0.1) is 5.41 Å². The van der Waals surface area contributed by atoms with E-state index in [0.717, 1.165) is 49.2 Å². The van der Waals surface area contributed by atoms with E-state index >= 15 is 0 Å². The van der Waals surface area contributed by atoms with Gasteiger partial charge in [-0.3, -0.25) is 10.3 Å². The average molecular weight is 372 g/mol. The van der Waals surface area contributed by atoms with Gasteiger partial charge in [-0.05, 0) is 34.5 Å². The van der Waals surface area contributed by atoms with Crippen molar-refractivity contribution in [3.63, 3.8) is 0 Å². The summed E-state index contributed by atoms with van der Waals surface area (Å²) >= 11 is 0. The second-order valence-corrected chi connectivity index (χ2v) is 7.76. The second kappa shape index (κ2) is 6.64. The number of rotatable bonds is 3. The largest absolute Gasteiger partial charge is 0.497 e. The van der Waals surface area contributed by atoms with Crippen molar-refractivity contribution in [2.75, 3.05) is 20.2 Å². The number of methoxy groups -OCH3 is 1. The zero-order valence-electron chi connectivity index (χ0n) is 16.1. The first-order valence-electron chi connectivity index (χ1n) is 9.84. The molecule has 0 saturated carbocycles. The minimum absolute atomic E-state index is 0.309. The summed E-state index contributed by atoms with van der Waals surface area (Å²) in [5, 5.41) is 10.7. The Bertz CT molecular complexity index is 1040. The molecule has 1 N–H and O–H groups in total. The fourth-order valence-corrected chi connectivity index (χ4v) is 4.68. The number of piperidine rings is 1. The minimum atomic E-state index is -0.381. The van der Waals surface area contributed by atoms with Gasteiger partial charge in [0.25, 0.3) is 0 Å². The lowest BCUT2D eigenvalue weighted by Gasteiger charge is -2.39. The molecule has 3 aromatic carbocycles. The summed E-state index contributed by atoms with van der Waals surface area (Å²) < 4.78 is 11.6. The maximum absolute atomic E-state index is 8.41. The summed E-state index contributed by atoms with van der Waals surface area (Å²) in [6.45, 7) is 2.90. The van der Waals surface area contributed by atoms with Gasteiger partial charge >= 0.3 is 0 Å². The van der Waals surface area contributed by atoms with E-state index in [-0.39, 0.29) is 5.60 Å². The number of benzene rings is 3. The van der Waals surface area contributed by atoms with E-state index in [4.69, 9.17) is 14.9 Å². The molecule has 0 aliphatic carbocycles. The predicted octanol–water partition coefficient (Wildman–Crippen LogP) is 4.70. The van der Waals surface area contributed by atoms with Crippen LogP contribution in [0.1, 0.15) is 29.5 Å². The van der Waals surface area contributed by atoms with E-state index in [0.29, 0.717) is 5.90 Å². The Morgan fingerprint density at radius 1 is 1.04 bits per heavy atom. The predicted molar refractivity (Wildman–Crippen MR) is 111 cm³/mol. The summed E-state index contributed by atoms with van der Waals surface area (Å²) in [5.41, 5.74) is 3.09. The van der Waals surface area contributed by atoms with E-state index in [1.807, 2.05) is 12.1 Å². The third-order valence-corrected chi connectivity index (χ3v) is 6.14. The van der Waals surface area contributed by atoms with Crippen molar-refractivity contribution in [3.8, 4) is 5.75 Å². The van der Waals surface area contributed by atoms with Gasteiger partial charge in [-0.2, -0.15) is 0 Å². The van der Waals surface area contributed by atoms with Crippen LogP contribution in [-0.4, -0.2) is 31.0 Å². The lowest BCUT2D eigenvalue weighted by Crippen LogP contribution is -2.42. The number of ether oxygens (including phenoxy) is 2. The van der Waals surface area contributed by atoms with Crippen molar-refractivity contribution >= 4 is 16.7 Å². The second-order valence-electron chi connectivity index (χ2n) is 7.76. The zero-order valence-corrected chi connectivity index (χ0v) is 16.1. The van der Waals surface area contributed by atoms with Crippen LogP contribution >= 0.6 is 0 Å². The topological polar surface area (TPSA) is 45.6 Å². The van der Waals surface area contributed by atoms with Crippen molar-refractivity contribution in [1.82, 2.24) is 4.90 Å². The van der Waals surface area contributed by atoms with Crippen molar-refractivity contribution in [2.24, 2.45) is 0 Å². The Kier molecular flexibility index (Phi) is 4.09. The van der Waals surface area contributed by atoms with Crippen LogP contribution in [0.2, 0.25) is 0 Å². The van der Waals surface area contributed by atoms with Gasteiger partial charge in [0.15, 0.2) is 0 Å². The standard InChI is InChI=1S/C24H24N2O2/c1-27-19-8-10-20-18(15-19)7-9-21-22(20)24(28-23(21)25)11-13-26(14-12-24)16-17-5-3-2-4-6-17/h2-10,15,25H,11-14,16H2,1H3. The average Bonchev–Trinajstić information content (AvgIpc) is 3.02. The monoisotopic (exact) mass is 372 g/mol. The molecule has 0 bridgehead atoms. The molecule has 1 saturated heterocycles. The Morgan fingerprint density at radius 2 is 1.82 bits per heavy atom. The lowest BCUT2D eigenvalue weighted by molar-refractivity contribution is -0.00416. The molecule has 1 fully saturated rings. The van der Waals surface area contributed by atoms with Crippen LogP contribution < -0.4 is 4.74 Å². The number of hydrogen-bond donors (Lipinski definition) is 1. The Morgan fingerprint density at radius 3 is 2.57 bits per heavy atom. The SMILES string of the molecule is COc1ccc2c3c(ccc2c1)C(=N)OC31CCN(Cc2ccccc2)CC1. The summed E-state index contributed by atoms with van der Waals surface area (Å²) in [6.07, 6.45) is 1.81. The van der Waals surface area contributed by atoms with Crippen LogP contribution in [-0.2, 0) is 16.9 Å². The van der Waals surface area contributed by atoms with Gasteiger partial charge in [-0.15, -0.1) is 0 Å². The number of hydrogen-bond acceptors (Lipinski definition) is 4. The summed E-state index contributed by atoms with van der Waals surface area (Å²) in [7, 11) is 1.69. The lowest BCUT2D eigenvalue weighted by atomic mass is 9.81. The smallest absolute Gasteiger partial charge is 0.214 e. The van der Waals surface area contributed by atoms with Gasteiger partial charge < -0.3 is 9.47 Å². The van der Waals surface area contributed by atoms with Crippen LogP contribution in [0.15, 0.2) is 60.7 Å². The van der Waals surface area contributed by atoms with Gasteiger partial charge in [0.2, 0.25) is 5.90 Å². The maximum atomic E-state index is 8.41. The molecule has 0 radical (unpaired) electrons. The highest BCUT2D eigenvalue weighted by atomic mass is 16.5. The molecule has 0 unspecified atom stereocenters. The van der Waals surface area contributed by atoms with E-state index < -0.39 is 0 Å². The molecule has 0 amide bonds. The molecule has 0 aromatic heterocycles. The highest BCUT2D eigenvalue weighted by molar-refractivity contribution is 6.04. The van der Waals surface area contributed by atoms with Crippen molar-refractivity contribution < 1.29 is 9.47 Å². The van der Waals surface area contributed by atoms with E-state index in [2.05, 4.69) is 53.4 Å². The van der Waals surface area contributed by atoms with Gasteiger partial charge in [0, 0.05) is 43.6 Å². The number of nitrogens with one attached hydrogen (secondary N) is 1. The number of fused-ring (bicyclic) bond motifs is 4. The fraction of sp³-hybridized carbons (Fsp3) is 0.292. The Hall–Kier alpha value is -2.85. The Labute approximate surface area is 165 Å². The van der Waals surface area contributed by atoms with Gasteiger partial charge in [0.05, 0.1) is 7.11 Å². The minimum Gasteiger partial charge on any atom is -0.497 e. The summed E-state index contributed by atoms with van der Waals surface area (Å²) in [6, 6.07) is 20.9. The molecule has 5 rings (SSSR count). The first kappa shape index (κ1) is 17.3. The molecule has 3 aromatic rings. The zero-order chi connectivity index (χ0) is 19.1. The van der Waals surface area contributed by atoms with Crippen molar-refractivity contribution in [2.45, 2.75) is 25.0 Å². The van der Waals surface area contributed by atoms with Gasteiger partial charge in [-0.1, -0.05) is 42.5 Å². The molecule has 2 aliphatic heterocycles. The van der Waals surface area contributed by atoms with Crippen LogP contribution in [0.3, 0.4) is 0 Å². The highest BCUT2D eigenvalue weighted by Gasteiger charge is 2.46. The maximum Gasteiger partial charge on any atom is 0.214 e. The normalized spacial score (nSPS) is 18.2. The number of nitrogens with zero attached hydrogens (tertiary/aromatic N) is 1. The third-order valence-electron chi connectivity index (χ3n) is 6.14. The molecule has 28 heavy (non-hydrogen) atoms. The molecule has 1 spiro atoms. The number of likely N-dealkylation sites (tertiary alicyclic amines) is 1. The Balaban J connectivity index is 1.46. The molecule has 4 nitrogen and oxygen atoms in total. The summed E-state index contributed by atoms with van der Waals surface area (Å²) in [5.74, 6) is 1.16. The van der Waals surface area contributed by atoms with E-state index in [1.54, 1.807) is 7.11 Å². The van der Waals surface area contributed by atoms with Crippen LogP contribution in [0.4, 0.5) is 0 Å². The molecular formula is C24H24N2O2. The molecule has 4 heteroatoms. The molecule has 2 heterocycles. The van der Waals surface area contributed by atoms with Gasteiger partial charge in [-0.25, -0.2) is 0 Å². The highest BCUT2D eigenvalue weighted by Crippen LogP contribution is 2.47. The van der Waals surface area contributed by atoms with E-state index in [9.17, 15) is 0 Å². The van der Waals surface area contributed by atoms with Crippen molar-refractivity contribution in [1.29, 1.82) is 5.41 Å². The first-order chi connectivity index (χ1) is 13.7. The molecule has 142 valence electrons. The van der Waals surface area contributed by atoms with Gasteiger partial charge in [0.1, 0.15) is 11.4 Å². The van der Waals surface area contributed by atoms with Crippen LogP contribution in [0.25, 0.3) is 10.8 Å². The molecular weight excluding hydrogens is 348 g/mol. The summed E-state index contributed by atoms with van der Waals surface area (Å²) in [4.78, 5) is 2.49.